The number of rotatable bonds is 8. The Labute approximate surface area is 200 Å². The molecule has 9 heteroatoms. The van der Waals surface area contributed by atoms with Gasteiger partial charge in [-0.1, -0.05) is 32.1 Å². The van der Waals surface area contributed by atoms with Crippen LogP contribution < -0.4 is 16.0 Å². The Kier molecular flexibility index (Phi) is 8.95. The third-order valence-corrected chi connectivity index (χ3v) is 6.41. The number of aryl methyl sites for hydroxylation is 1. The number of hydrogen-bond acceptors (Lipinski definition) is 6. The molecule has 2 aromatic heterocycles. The highest BCUT2D eigenvalue weighted by Crippen LogP contribution is 2.26. The molecule has 1 atom stereocenters. The van der Waals surface area contributed by atoms with Crippen molar-refractivity contribution in [3.8, 4) is 0 Å². The SMILES string of the molecule is CN/C(=C(/C)C=N)c1ccc(NC(=O)C(NC(=O)c2ccnn2C)C2CCCCCCC2)nc1. The first-order chi connectivity index (χ1) is 16.4. The van der Waals surface area contributed by atoms with Crippen LogP contribution in [0.25, 0.3) is 5.70 Å². The van der Waals surface area contributed by atoms with E-state index >= 15 is 0 Å². The van der Waals surface area contributed by atoms with Gasteiger partial charge in [0.15, 0.2) is 0 Å². The molecular formula is C25H35N7O2. The van der Waals surface area contributed by atoms with Gasteiger partial charge in [0, 0.05) is 44.0 Å². The van der Waals surface area contributed by atoms with E-state index < -0.39 is 6.04 Å². The van der Waals surface area contributed by atoms with Crippen LogP contribution in [0.3, 0.4) is 0 Å². The number of nitrogens with zero attached hydrogens (tertiary/aromatic N) is 3. The molecule has 1 saturated carbocycles. The second-order valence-electron chi connectivity index (χ2n) is 8.77. The Morgan fingerprint density at radius 3 is 2.41 bits per heavy atom. The average molecular weight is 466 g/mol. The first-order valence-electron chi connectivity index (χ1n) is 11.9. The smallest absolute Gasteiger partial charge is 0.270 e. The number of anilines is 1. The van der Waals surface area contributed by atoms with Crippen LogP contribution >= 0.6 is 0 Å². The summed E-state index contributed by atoms with van der Waals surface area (Å²) in [6.45, 7) is 1.85. The van der Waals surface area contributed by atoms with Crippen molar-refractivity contribution >= 4 is 29.5 Å². The number of carbonyl (C=O) groups is 2. The van der Waals surface area contributed by atoms with Gasteiger partial charge < -0.3 is 21.4 Å². The Hall–Kier alpha value is -3.49. The summed E-state index contributed by atoms with van der Waals surface area (Å²) in [5, 5.41) is 20.5. The van der Waals surface area contributed by atoms with Gasteiger partial charge in [0.1, 0.15) is 17.6 Å². The highest BCUT2D eigenvalue weighted by atomic mass is 16.2. The molecule has 0 aromatic carbocycles. The van der Waals surface area contributed by atoms with Crippen LogP contribution in [0.1, 0.15) is 67.9 Å². The van der Waals surface area contributed by atoms with E-state index in [-0.39, 0.29) is 17.7 Å². The summed E-state index contributed by atoms with van der Waals surface area (Å²) < 4.78 is 1.51. The summed E-state index contributed by atoms with van der Waals surface area (Å²) in [6.07, 6.45) is 11.9. The van der Waals surface area contributed by atoms with Crippen LogP contribution in [0, 0.1) is 11.3 Å². The monoisotopic (exact) mass is 465 g/mol. The molecule has 1 unspecified atom stereocenters. The zero-order valence-corrected chi connectivity index (χ0v) is 20.2. The van der Waals surface area contributed by atoms with Crippen molar-refractivity contribution in [2.45, 2.75) is 57.9 Å². The van der Waals surface area contributed by atoms with E-state index in [0.29, 0.717) is 11.5 Å². The molecule has 0 aliphatic heterocycles. The molecule has 2 heterocycles. The molecule has 1 aliphatic carbocycles. The molecule has 2 aromatic rings. The van der Waals surface area contributed by atoms with Crippen LogP contribution in [-0.4, -0.2) is 45.9 Å². The molecule has 0 radical (unpaired) electrons. The molecule has 182 valence electrons. The molecule has 4 N–H and O–H groups in total. The lowest BCUT2D eigenvalue weighted by molar-refractivity contribution is -0.119. The lowest BCUT2D eigenvalue weighted by atomic mass is 9.85. The molecule has 0 spiro atoms. The first kappa shape index (κ1) is 25.1. The molecule has 1 aliphatic rings. The molecule has 1 fully saturated rings. The van der Waals surface area contributed by atoms with Crippen molar-refractivity contribution in [3.05, 3.63) is 47.4 Å². The Morgan fingerprint density at radius 2 is 1.85 bits per heavy atom. The van der Waals surface area contributed by atoms with Crippen LogP contribution in [-0.2, 0) is 11.8 Å². The Morgan fingerprint density at radius 1 is 1.15 bits per heavy atom. The van der Waals surface area contributed by atoms with Gasteiger partial charge in [-0.15, -0.1) is 0 Å². The quantitative estimate of drug-likeness (QED) is 0.444. The van der Waals surface area contributed by atoms with Gasteiger partial charge in [-0.2, -0.15) is 5.10 Å². The summed E-state index contributed by atoms with van der Waals surface area (Å²) in [6, 6.07) is 4.57. The highest BCUT2D eigenvalue weighted by molar-refractivity contribution is 6.00. The van der Waals surface area contributed by atoms with E-state index in [1.54, 1.807) is 38.6 Å². The van der Waals surface area contributed by atoms with Crippen molar-refractivity contribution in [1.82, 2.24) is 25.4 Å². The van der Waals surface area contributed by atoms with E-state index in [4.69, 9.17) is 5.41 Å². The highest BCUT2D eigenvalue weighted by Gasteiger charge is 2.31. The van der Waals surface area contributed by atoms with Crippen molar-refractivity contribution in [1.29, 1.82) is 5.41 Å². The van der Waals surface area contributed by atoms with Crippen molar-refractivity contribution in [2.24, 2.45) is 13.0 Å². The number of nitrogens with one attached hydrogen (secondary N) is 4. The van der Waals surface area contributed by atoms with Gasteiger partial charge in [-0.05, 0) is 49.5 Å². The fourth-order valence-electron chi connectivity index (χ4n) is 4.49. The molecule has 3 rings (SSSR count). The number of allylic oxidation sites excluding steroid dienone is 1. The van der Waals surface area contributed by atoms with Crippen LogP contribution in [0.5, 0.6) is 0 Å². The lowest BCUT2D eigenvalue weighted by Crippen LogP contribution is -2.49. The standard InChI is InChI=1S/C25H35N7O2/c1-17(15-26)22(27-2)19-11-12-21(28-16-19)30-25(34)23(18-9-7-5-4-6-8-10-18)31-24(33)20-13-14-29-32(20)3/h11-16,18,23,26-27H,4-10H2,1-3H3,(H,31,33)(H,28,30,34)/b22-17-,26-15?. The number of hydrogen-bond donors (Lipinski definition) is 4. The second kappa shape index (κ2) is 12.1. The fraction of sp³-hybridized carbons (Fsp3) is 0.480. The number of amides is 2. The summed E-state index contributed by atoms with van der Waals surface area (Å²) in [7, 11) is 3.50. The number of carbonyl (C=O) groups excluding carboxylic acids is 2. The van der Waals surface area contributed by atoms with E-state index in [9.17, 15) is 9.59 Å². The maximum absolute atomic E-state index is 13.4. The Bertz CT molecular complexity index is 1020. The molecule has 2 amide bonds. The van der Waals surface area contributed by atoms with Gasteiger partial charge in [-0.3, -0.25) is 14.3 Å². The minimum atomic E-state index is -0.657. The van der Waals surface area contributed by atoms with Crippen LogP contribution in [0.2, 0.25) is 0 Å². The van der Waals surface area contributed by atoms with E-state index in [0.717, 1.165) is 55.4 Å². The number of pyridine rings is 1. The van der Waals surface area contributed by atoms with Gasteiger partial charge in [0.25, 0.3) is 5.91 Å². The maximum Gasteiger partial charge on any atom is 0.270 e. The normalized spacial score (nSPS) is 16.4. The largest absolute Gasteiger partial charge is 0.387 e. The summed E-state index contributed by atoms with van der Waals surface area (Å²) >= 11 is 0. The number of aromatic nitrogens is 3. The maximum atomic E-state index is 13.4. The van der Waals surface area contributed by atoms with Gasteiger partial charge >= 0.3 is 0 Å². The first-order valence-corrected chi connectivity index (χ1v) is 11.9. The fourth-order valence-corrected chi connectivity index (χ4v) is 4.49. The molecule has 34 heavy (non-hydrogen) atoms. The van der Waals surface area contributed by atoms with E-state index in [2.05, 4.69) is 26.0 Å². The molecule has 9 nitrogen and oxygen atoms in total. The second-order valence-corrected chi connectivity index (χ2v) is 8.77. The predicted molar refractivity (Wildman–Crippen MR) is 134 cm³/mol. The topological polar surface area (TPSA) is 125 Å². The minimum absolute atomic E-state index is 0.0609. The zero-order valence-electron chi connectivity index (χ0n) is 20.2. The molecular weight excluding hydrogens is 430 g/mol. The summed E-state index contributed by atoms with van der Waals surface area (Å²) in [4.78, 5) is 30.7. The minimum Gasteiger partial charge on any atom is -0.387 e. The van der Waals surface area contributed by atoms with E-state index in [1.165, 1.54) is 17.3 Å². The average Bonchev–Trinajstić information content (AvgIpc) is 3.25. The summed E-state index contributed by atoms with van der Waals surface area (Å²) in [5.41, 5.74) is 2.82. The predicted octanol–water partition coefficient (Wildman–Crippen LogP) is 3.51. The van der Waals surface area contributed by atoms with E-state index in [1.807, 2.05) is 13.0 Å². The van der Waals surface area contributed by atoms with Gasteiger partial charge in [0.05, 0.1) is 0 Å². The molecule has 0 bridgehead atoms. The third kappa shape index (κ3) is 6.30. The third-order valence-electron chi connectivity index (χ3n) is 6.41. The van der Waals surface area contributed by atoms with Crippen LogP contribution in [0.4, 0.5) is 5.82 Å². The lowest BCUT2D eigenvalue weighted by Gasteiger charge is -2.28. The van der Waals surface area contributed by atoms with Crippen molar-refractivity contribution in [3.63, 3.8) is 0 Å². The Balaban J connectivity index is 1.79. The zero-order chi connectivity index (χ0) is 24.5. The van der Waals surface area contributed by atoms with Gasteiger partial charge in [0.2, 0.25) is 5.91 Å². The van der Waals surface area contributed by atoms with Crippen LogP contribution in [0.15, 0.2) is 36.2 Å². The van der Waals surface area contributed by atoms with Crippen molar-refractivity contribution in [2.75, 3.05) is 12.4 Å². The van der Waals surface area contributed by atoms with Gasteiger partial charge in [-0.25, -0.2) is 4.98 Å². The molecule has 0 saturated heterocycles. The summed E-state index contributed by atoms with van der Waals surface area (Å²) in [5.74, 6) is -0.0917. The van der Waals surface area contributed by atoms with Crippen molar-refractivity contribution < 1.29 is 9.59 Å².